The van der Waals surface area contributed by atoms with Gasteiger partial charge in [-0.05, 0) is 50.2 Å². The molecule has 2 heterocycles. The minimum atomic E-state index is -0.518. The molecular formula is C24H18N2O6S4. The van der Waals surface area contributed by atoms with Crippen LogP contribution in [0.3, 0.4) is 0 Å². The number of nitrogens with zero attached hydrogens (tertiary/aromatic N) is 2. The fourth-order valence-corrected chi connectivity index (χ4v) is 6.18. The van der Waals surface area contributed by atoms with Crippen LogP contribution in [-0.2, 0) is 19.1 Å². The number of hydrogen-bond acceptors (Lipinski definition) is 10. The Hall–Kier alpha value is -3.06. The predicted octanol–water partition coefficient (Wildman–Crippen LogP) is 4.68. The third-order valence-corrected chi connectivity index (χ3v) is 7.85. The fraction of sp³-hybridized carbons (Fsp3) is 0.167. The highest BCUT2D eigenvalue weighted by molar-refractivity contribution is 8.30. The molecule has 2 aromatic rings. The summed E-state index contributed by atoms with van der Waals surface area (Å²) >= 11 is 12.8. The molecule has 2 amide bonds. The van der Waals surface area contributed by atoms with E-state index in [0.717, 1.165) is 23.5 Å². The Morgan fingerprint density at radius 3 is 1.50 bits per heavy atom. The highest BCUT2D eigenvalue weighted by atomic mass is 32.2. The largest absolute Gasteiger partial charge is 0.462 e. The van der Waals surface area contributed by atoms with Crippen LogP contribution >= 0.6 is 48.0 Å². The van der Waals surface area contributed by atoms with Gasteiger partial charge in [0.25, 0.3) is 11.8 Å². The Morgan fingerprint density at radius 1 is 0.750 bits per heavy atom. The van der Waals surface area contributed by atoms with Crippen LogP contribution in [0.4, 0.5) is 11.4 Å². The van der Waals surface area contributed by atoms with Gasteiger partial charge in [0.1, 0.15) is 0 Å². The molecule has 8 nitrogen and oxygen atoms in total. The van der Waals surface area contributed by atoms with E-state index < -0.39 is 23.8 Å². The molecule has 184 valence electrons. The van der Waals surface area contributed by atoms with Crippen molar-refractivity contribution >= 4 is 91.7 Å². The number of esters is 2. The molecule has 0 atom stereocenters. The van der Waals surface area contributed by atoms with Gasteiger partial charge >= 0.3 is 11.9 Å². The minimum Gasteiger partial charge on any atom is -0.462 e. The van der Waals surface area contributed by atoms with E-state index in [0.29, 0.717) is 11.4 Å². The van der Waals surface area contributed by atoms with Gasteiger partial charge in [-0.15, -0.1) is 0 Å². The number of ether oxygens (including phenoxy) is 2. The Labute approximate surface area is 226 Å². The van der Waals surface area contributed by atoms with Crippen molar-refractivity contribution in [1.82, 2.24) is 0 Å². The van der Waals surface area contributed by atoms with E-state index in [-0.39, 0.29) is 42.8 Å². The molecule has 0 saturated carbocycles. The molecule has 4 rings (SSSR count). The van der Waals surface area contributed by atoms with Gasteiger partial charge in [-0.25, -0.2) is 9.59 Å². The first kappa shape index (κ1) is 26.0. The van der Waals surface area contributed by atoms with Crippen LogP contribution in [0.1, 0.15) is 34.6 Å². The molecule has 2 aliphatic heterocycles. The lowest BCUT2D eigenvalue weighted by Gasteiger charge is -2.16. The summed E-state index contributed by atoms with van der Waals surface area (Å²) in [6.07, 6.45) is 0. The van der Waals surface area contributed by atoms with Gasteiger partial charge in [0.05, 0.1) is 45.5 Å². The lowest BCUT2D eigenvalue weighted by Crippen LogP contribution is -2.29. The van der Waals surface area contributed by atoms with Crippen LogP contribution in [0.25, 0.3) is 0 Å². The number of carbonyl (C=O) groups is 4. The maximum Gasteiger partial charge on any atom is 0.338 e. The molecule has 12 heteroatoms. The first-order valence-corrected chi connectivity index (χ1v) is 13.1. The molecule has 0 bridgehead atoms. The zero-order valence-corrected chi connectivity index (χ0v) is 22.3. The maximum absolute atomic E-state index is 13.4. The molecule has 36 heavy (non-hydrogen) atoms. The smallest absolute Gasteiger partial charge is 0.338 e. The average Bonchev–Trinajstić information content (AvgIpc) is 3.32. The lowest BCUT2D eigenvalue weighted by molar-refractivity contribution is -0.115. The van der Waals surface area contributed by atoms with Gasteiger partial charge in [0.15, 0.2) is 8.64 Å². The Bertz CT molecular complexity index is 1250. The first-order valence-electron chi connectivity index (χ1n) is 10.7. The van der Waals surface area contributed by atoms with Crippen molar-refractivity contribution in [2.75, 3.05) is 23.0 Å². The molecule has 0 spiro atoms. The molecular weight excluding hydrogens is 541 g/mol. The molecule has 0 unspecified atom stereocenters. The number of benzene rings is 2. The summed E-state index contributed by atoms with van der Waals surface area (Å²) in [5.74, 6) is -2.02. The molecule has 0 radical (unpaired) electrons. The normalized spacial score (nSPS) is 17.7. The van der Waals surface area contributed by atoms with E-state index in [4.69, 9.17) is 33.9 Å². The van der Waals surface area contributed by atoms with Crippen molar-refractivity contribution in [2.45, 2.75) is 13.8 Å². The Morgan fingerprint density at radius 2 is 1.14 bits per heavy atom. The molecule has 0 aliphatic carbocycles. The number of thioether (sulfide) groups is 2. The summed E-state index contributed by atoms with van der Waals surface area (Å²) in [5.41, 5.74) is 1.32. The van der Waals surface area contributed by atoms with Crippen molar-refractivity contribution in [2.24, 2.45) is 0 Å². The second-order valence-corrected chi connectivity index (χ2v) is 10.5. The summed E-state index contributed by atoms with van der Waals surface area (Å²) in [5, 5.41) is 0. The molecule has 2 saturated heterocycles. The summed E-state index contributed by atoms with van der Waals surface area (Å²) < 4.78 is 10.5. The van der Waals surface area contributed by atoms with E-state index in [1.54, 1.807) is 50.2 Å². The van der Waals surface area contributed by atoms with E-state index >= 15 is 0 Å². The Kier molecular flexibility index (Phi) is 7.88. The summed E-state index contributed by atoms with van der Waals surface area (Å²) in [7, 11) is 0. The first-order chi connectivity index (χ1) is 17.3. The van der Waals surface area contributed by atoms with Gasteiger partial charge in [-0.2, -0.15) is 0 Å². The minimum absolute atomic E-state index is 0.142. The van der Waals surface area contributed by atoms with E-state index in [9.17, 15) is 19.2 Å². The number of rotatable bonds is 6. The van der Waals surface area contributed by atoms with Crippen molar-refractivity contribution in [3.05, 3.63) is 69.5 Å². The van der Waals surface area contributed by atoms with Crippen LogP contribution in [0.5, 0.6) is 0 Å². The van der Waals surface area contributed by atoms with Gasteiger partial charge in [-0.1, -0.05) is 60.1 Å². The number of thiocarbonyl (C=S) groups is 2. The second kappa shape index (κ2) is 10.9. The van der Waals surface area contributed by atoms with Crippen LogP contribution in [0, 0.1) is 0 Å². The average molecular weight is 559 g/mol. The third kappa shape index (κ3) is 4.94. The van der Waals surface area contributed by atoms with Crippen LogP contribution < -0.4 is 9.80 Å². The van der Waals surface area contributed by atoms with Crippen molar-refractivity contribution in [1.29, 1.82) is 0 Å². The monoisotopic (exact) mass is 558 g/mol. The highest BCUT2D eigenvalue weighted by Gasteiger charge is 2.43. The van der Waals surface area contributed by atoms with Crippen molar-refractivity contribution < 1.29 is 28.7 Å². The second-order valence-electron chi connectivity index (χ2n) is 7.22. The molecule has 2 aliphatic rings. The molecule has 2 aromatic carbocycles. The van der Waals surface area contributed by atoms with Crippen LogP contribution in [0.15, 0.2) is 58.3 Å². The van der Waals surface area contributed by atoms with Gasteiger partial charge in [0, 0.05) is 0 Å². The topological polar surface area (TPSA) is 93.2 Å². The molecule has 0 N–H and O–H groups in total. The summed E-state index contributed by atoms with van der Waals surface area (Å²) in [4.78, 5) is 53.8. The van der Waals surface area contributed by atoms with E-state index in [1.807, 2.05) is 0 Å². The summed E-state index contributed by atoms with van der Waals surface area (Å²) in [6.45, 7) is 3.84. The van der Waals surface area contributed by atoms with Gasteiger partial charge < -0.3 is 9.47 Å². The molecule has 0 aromatic heterocycles. The zero-order valence-electron chi connectivity index (χ0n) is 19.0. The SMILES string of the molecule is CCOC(=O)c1cccc(N2C(=O)/C(=C3\SC(=S)N(c4cccc(C(=O)OCC)c4)C3=O)SC2=S)c1. The predicted molar refractivity (Wildman–Crippen MR) is 147 cm³/mol. The fourth-order valence-electron chi connectivity index (χ4n) is 3.43. The van der Waals surface area contributed by atoms with Gasteiger partial charge in [-0.3, -0.25) is 19.4 Å². The quantitative estimate of drug-likeness (QED) is 0.283. The van der Waals surface area contributed by atoms with Gasteiger partial charge in [0.2, 0.25) is 0 Å². The number of carbonyl (C=O) groups excluding carboxylic acids is 4. The highest BCUT2D eigenvalue weighted by Crippen LogP contribution is 2.44. The Balaban J connectivity index is 1.64. The standard InChI is InChI=1S/C24H18N2O6S4/c1-3-31-21(29)13-7-5-9-15(11-13)25-19(27)17(35-23(25)33)18-20(28)26(24(34)36-18)16-10-6-8-14(12-16)22(30)32-4-2/h5-12H,3-4H2,1-2H3/b18-17+. The van der Waals surface area contributed by atoms with E-state index in [1.165, 1.54) is 21.9 Å². The lowest BCUT2D eigenvalue weighted by atomic mass is 10.2. The third-order valence-electron chi connectivity index (χ3n) is 4.98. The van der Waals surface area contributed by atoms with E-state index in [2.05, 4.69) is 0 Å². The van der Waals surface area contributed by atoms with Crippen molar-refractivity contribution in [3.8, 4) is 0 Å². The maximum atomic E-state index is 13.4. The van der Waals surface area contributed by atoms with Crippen LogP contribution in [0.2, 0.25) is 0 Å². The summed E-state index contributed by atoms with van der Waals surface area (Å²) in [6, 6.07) is 12.7. The molecule has 2 fully saturated rings. The number of amides is 2. The zero-order chi connectivity index (χ0) is 26.0. The number of hydrogen-bond donors (Lipinski definition) is 0. The van der Waals surface area contributed by atoms with Crippen molar-refractivity contribution in [3.63, 3.8) is 0 Å². The van der Waals surface area contributed by atoms with Crippen LogP contribution in [-0.4, -0.2) is 45.6 Å². The number of anilines is 2.